The smallest absolute Gasteiger partial charge is 0.254 e. The lowest BCUT2D eigenvalue weighted by molar-refractivity contribution is -0.144. The molecular weight excluding hydrogens is 485 g/mol. The Morgan fingerprint density at radius 1 is 1.03 bits per heavy atom. The first-order valence-electron chi connectivity index (χ1n) is 12.3. The van der Waals surface area contributed by atoms with Crippen molar-refractivity contribution in [2.45, 2.75) is 44.9 Å². The van der Waals surface area contributed by atoms with Gasteiger partial charge in [0.1, 0.15) is 6.61 Å². The zero-order chi connectivity index (χ0) is 24.7. The van der Waals surface area contributed by atoms with E-state index in [-0.39, 0.29) is 30.6 Å². The summed E-state index contributed by atoms with van der Waals surface area (Å²) < 4.78 is 6.09. The van der Waals surface area contributed by atoms with E-state index in [1.807, 2.05) is 41.8 Å². The molecule has 186 valence electrons. The molecule has 3 aliphatic rings. The van der Waals surface area contributed by atoms with Gasteiger partial charge in [0.25, 0.3) is 5.91 Å². The predicted molar refractivity (Wildman–Crippen MR) is 137 cm³/mol. The molecule has 0 spiro atoms. The summed E-state index contributed by atoms with van der Waals surface area (Å²) >= 11 is 12.5. The number of hydrogen-bond donors (Lipinski definition) is 1. The van der Waals surface area contributed by atoms with E-state index < -0.39 is 0 Å². The first-order valence-corrected chi connectivity index (χ1v) is 13.0. The van der Waals surface area contributed by atoms with Crippen LogP contribution >= 0.6 is 23.2 Å². The molecule has 2 saturated heterocycles. The zero-order valence-corrected chi connectivity index (χ0v) is 21.6. The van der Waals surface area contributed by atoms with E-state index in [1.54, 1.807) is 12.1 Å². The molecule has 0 unspecified atom stereocenters. The van der Waals surface area contributed by atoms with Gasteiger partial charge in [0, 0.05) is 37.8 Å². The Labute approximate surface area is 216 Å². The van der Waals surface area contributed by atoms with E-state index in [9.17, 15) is 9.59 Å². The maximum atomic E-state index is 13.4. The predicted octanol–water partition coefficient (Wildman–Crippen LogP) is 4.40. The summed E-state index contributed by atoms with van der Waals surface area (Å²) in [7, 11) is 0. The van der Waals surface area contributed by atoms with Gasteiger partial charge >= 0.3 is 0 Å². The Morgan fingerprint density at radius 3 is 2.46 bits per heavy atom. The highest BCUT2D eigenvalue weighted by Gasteiger charge is 2.41. The van der Waals surface area contributed by atoms with Gasteiger partial charge in [0.2, 0.25) is 5.91 Å². The summed E-state index contributed by atoms with van der Waals surface area (Å²) in [4.78, 5) is 30.4. The van der Waals surface area contributed by atoms with Crippen LogP contribution < -0.4 is 5.32 Å². The number of rotatable bonds is 5. The Balaban J connectivity index is 1.34. The molecule has 1 N–H and O–H groups in total. The van der Waals surface area contributed by atoms with Crippen molar-refractivity contribution >= 4 is 35.0 Å². The number of halogens is 2. The van der Waals surface area contributed by atoms with Crippen LogP contribution in [-0.4, -0.2) is 66.5 Å². The lowest BCUT2D eigenvalue weighted by atomic mass is 10.0. The summed E-state index contributed by atoms with van der Waals surface area (Å²) in [5, 5.41) is 4.36. The van der Waals surface area contributed by atoms with Gasteiger partial charge in [-0.1, -0.05) is 46.5 Å². The van der Waals surface area contributed by atoms with Crippen LogP contribution in [0.1, 0.15) is 45.9 Å². The number of piperidine rings is 1. The third kappa shape index (κ3) is 5.21. The van der Waals surface area contributed by atoms with Crippen LogP contribution in [0.15, 0.2) is 36.4 Å². The summed E-state index contributed by atoms with van der Waals surface area (Å²) in [6.45, 7) is 6.28. The molecule has 4 atom stereocenters. The molecule has 2 heterocycles. The van der Waals surface area contributed by atoms with Gasteiger partial charge in [0.15, 0.2) is 0 Å². The highest BCUT2D eigenvalue weighted by molar-refractivity contribution is 6.42. The molecule has 2 aliphatic heterocycles. The number of carbonyl (C=O) groups excluding carboxylic acids is 2. The number of hydrogen-bond acceptors (Lipinski definition) is 4. The van der Waals surface area contributed by atoms with Crippen molar-refractivity contribution in [1.82, 2.24) is 15.1 Å². The van der Waals surface area contributed by atoms with Crippen LogP contribution in [0, 0.1) is 19.8 Å². The zero-order valence-electron chi connectivity index (χ0n) is 20.1. The lowest BCUT2D eigenvalue weighted by Gasteiger charge is -2.42. The van der Waals surface area contributed by atoms with Crippen molar-refractivity contribution < 1.29 is 14.3 Å². The maximum Gasteiger partial charge on any atom is 0.254 e. The van der Waals surface area contributed by atoms with Crippen molar-refractivity contribution in [2.24, 2.45) is 5.92 Å². The topological polar surface area (TPSA) is 61.9 Å². The van der Waals surface area contributed by atoms with Gasteiger partial charge in [-0.25, -0.2) is 0 Å². The molecular formula is C27H31Cl2N3O3. The summed E-state index contributed by atoms with van der Waals surface area (Å²) in [5.74, 6) is 0.404. The standard InChI is InChI=1S/C27H31Cl2N3O3/c1-16-7-17(2)9-19(8-16)27(34)31-5-6-32(24(14-31)18-3-4-22(28)23(29)11-18)26(33)15-35-25-12-21-10-20(25)13-30-21/h3-4,7-9,11,20-21,24-25,30H,5-6,10,12-15H2,1-2H3/t20-,21+,24-,25-/m0/s1. The van der Waals surface area contributed by atoms with Crippen LogP contribution in [0.4, 0.5) is 0 Å². The number of carbonyl (C=O) groups is 2. The van der Waals surface area contributed by atoms with Crippen molar-refractivity contribution in [3.63, 3.8) is 0 Å². The summed E-state index contributed by atoms with van der Waals surface area (Å²) in [6.07, 6.45) is 2.23. The minimum atomic E-state index is -0.328. The maximum absolute atomic E-state index is 13.4. The van der Waals surface area contributed by atoms with Crippen LogP contribution in [0.25, 0.3) is 0 Å². The number of fused-ring (bicyclic) bond motifs is 2. The fourth-order valence-corrected chi connectivity index (χ4v) is 6.11. The minimum Gasteiger partial charge on any atom is -0.368 e. The number of amides is 2. The van der Waals surface area contributed by atoms with E-state index in [2.05, 4.69) is 11.4 Å². The first kappa shape index (κ1) is 24.6. The highest BCUT2D eigenvalue weighted by atomic mass is 35.5. The van der Waals surface area contributed by atoms with E-state index in [1.165, 1.54) is 0 Å². The monoisotopic (exact) mass is 515 g/mol. The molecule has 2 aromatic rings. The molecule has 35 heavy (non-hydrogen) atoms. The Bertz CT molecular complexity index is 1120. The highest BCUT2D eigenvalue weighted by Crippen LogP contribution is 2.34. The third-order valence-corrected chi connectivity index (χ3v) is 8.24. The van der Waals surface area contributed by atoms with Gasteiger partial charge < -0.3 is 19.9 Å². The van der Waals surface area contributed by atoms with Crippen LogP contribution in [-0.2, 0) is 9.53 Å². The third-order valence-electron chi connectivity index (χ3n) is 7.50. The van der Waals surface area contributed by atoms with Crippen molar-refractivity contribution in [1.29, 1.82) is 0 Å². The Morgan fingerprint density at radius 2 is 1.80 bits per heavy atom. The van der Waals surface area contributed by atoms with Crippen molar-refractivity contribution in [3.05, 3.63) is 68.7 Å². The molecule has 2 amide bonds. The normalized spacial score (nSPS) is 25.8. The van der Waals surface area contributed by atoms with Crippen LogP contribution in [0.2, 0.25) is 10.0 Å². The number of piperazine rings is 1. The molecule has 0 radical (unpaired) electrons. The molecule has 1 aliphatic carbocycles. The first-order chi connectivity index (χ1) is 16.8. The molecule has 2 bridgehead atoms. The molecule has 0 aromatic heterocycles. The van der Waals surface area contributed by atoms with Gasteiger partial charge in [-0.15, -0.1) is 0 Å². The second-order valence-corrected chi connectivity index (χ2v) is 10.9. The van der Waals surface area contributed by atoms with E-state index in [4.69, 9.17) is 27.9 Å². The number of benzene rings is 2. The fraction of sp³-hybridized carbons (Fsp3) is 0.481. The average Bonchev–Trinajstić information content (AvgIpc) is 3.46. The van der Waals surface area contributed by atoms with Gasteiger partial charge in [-0.05, 0) is 62.4 Å². The second kappa shape index (κ2) is 10.1. The molecule has 2 aromatic carbocycles. The number of ether oxygens (including phenoxy) is 1. The van der Waals surface area contributed by atoms with Crippen molar-refractivity contribution in [3.8, 4) is 0 Å². The lowest BCUT2D eigenvalue weighted by Crippen LogP contribution is -2.53. The van der Waals surface area contributed by atoms with E-state index in [0.717, 1.165) is 36.1 Å². The Hall–Kier alpha value is -2.12. The van der Waals surface area contributed by atoms with E-state index in [0.29, 0.717) is 47.2 Å². The van der Waals surface area contributed by atoms with E-state index >= 15 is 0 Å². The SMILES string of the molecule is Cc1cc(C)cc(C(=O)N2CCN(C(=O)CO[C@H]3C[C@H]4C[C@H]3CN4)[C@H](c3ccc(Cl)c(Cl)c3)C2)c1. The fourth-order valence-electron chi connectivity index (χ4n) is 5.80. The number of nitrogens with zero attached hydrogens (tertiary/aromatic N) is 2. The summed E-state index contributed by atoms with van der Waals surface area (Å²) in [5.41, 5.74) is 3.63. The number of aryl methyl sites for hydroxylation is 2. The quantitative estimate of drug-likeness (QED) is 0.640. The molecule has 8 heteroatoms. The van der Waals surface area contributed by atoms with Crippen molar-refractivity contribution in [2.75, 3.05) is 32.8 Å². The molecule has 1 saturated carbocycles. The molecule has 3 fully saturated rings. The average molecular weight is 516 g/mol. The molecule has 6 nitrogen and oxygen atoms in total. The largest absolute Gasteiger partial charge is 0.368 e. The van der Waals surface area contributed by atoms with Gasteiger partial charge in [0.05, 0.1) is 22.2 Å². The second-order valence-electron chi connectivity index (χ2n) is 10.1. The van der Waals surface area contributed by atoms with Gasteiger partial charge in [-0.2, -0.15) is 0 Å². The Kier molecular flexibility index (Phi) is 7.09. The van der Waals surface area contributed by atoms with Crippen LogP contribution in [0.5, 0.6) is 0 Å². The minimum absolute atomic E-state index is 0.0281. The van der Waals surface area contributed by atoms with Crippen LogP contribution in [0.3, 0.4) is 0 Å². The van der Waals surface area contributed by atoms with Gasteiger partial charge in [-0.3, -0.25) is 9.59 Å². The molecule has 5 rings (SSSR count). The number of nitrogens with one attached hydrogen (secondary N) is 1. The summed E-state index contributed by atoms with van der Waals surface area (Å²) in [6, 6.07) is 11.5.